The maximum Gasteiger partial charge on any atom is 0.132 e. The van der Waals surface area contributed by atoms with E-state index < -0.39 is 0 Å². The lowest BCUT2D eigenvalue weighted by atomic mass is 9.91. The zero-order valence-electron chi connectivity index (χ0n) is 12.4. The van der Waals surface area contributed by atoms with E-state index in [1.165, 1.54) is 12.8 Å². The molecule has 0 amide bonds. The van der Waals surface area contributed by atoms with Crippen LogP contribution in [0.1, 0.15) is 38.8 Å². The molecule has 1 aliphatic rings. The highest BCUT2D eigenvalue weighted by Crippen LogP contribution is 2.23. The fourth-order valence-electron chi connectivity index (χ4n) is 2.81. The van der Waals surface area contributed by atoms with E-state index in [0.29, 0.717) is 12.0 Å². The molecule has 0 bridgehead atoms. The van der Waals surface area contributed by atoms with Crippen molar-refractivity contribution in [3.05, 3.63) is 18.1 Å². The Hall–Kier alpha value is -1.16. The van der Waals surface area contributed by atoms with Gasteiger partial charge in [-0.25, -0.2) is 9.97 Å². The van der Waals surface area contributed by atoms with Gasteiger partial charge in [-0.3, -0.25) is 0 Å². The highest BCUT2D eigenvalue weighted by atomic mass is 15.2. The van der Waals surface area contributed by atoms with Crippen LogP contribution in [0.5, 0.6) is 0 Å². The molecule has 1 N–H and O–H groups in total. The Labute approximate surface area is 116 Å². The molecule has 2 rings (SSSR count). The summed E-state index contributed by atoms with van der Waals surface area (Å²) in [4.78, 5) is 11.2. The van der Waals surface area contributed by atoms with Gasteiger partial charge in [-0.1, -0.05) is 13.3 Å². The number of aryl methyl sites for hydroxylation is 1. The number of rotatable bonds is 5. The summed E-state index contributed by atoms with van der Waals surface area (Å²) in [6.45, 7) is 6.68. The summed E-state index contributed by atoms with van der Waals surface area (Å²) in [7, 11) is 2.05. The Balaban J connectivity index is 2.06. The number of hydrogen-bond donors (Lipinski definition) is 1. The van der Waals surface area contributed by atoms with Crippen LogP contribution in [-0.4, -0.2) is 36.1 Å². The number of nitrogens with one attached hydrogen (secondary N) is 1. The minimum absolute atomic E-state index is 0.569. The second-order valence-electron chi connectivity index (χ2n) is 5.54. The third kappa shape index (κ3) is 3.66. The molecule has 1 aliphatic heterocycles. The molecule has 2 heterocycles. The van der Waals surface area contributed by atoms with Crippen molar-refractivity contribution in [3.8, 4) is 0 Å². The van der Waals surface area contributed by atoms with Crippen molar-refractivity contribution in [2.45, 2.75) is 45.6 Å². The smallest absolute Gasteiger partial charge is 0.132 e. The van der Waals surface area contributed by atoms with E-state index in [1.54, 1.807) is 6.33 Å². The molecular weight excluding hydrogens is 236 g/mol. The molecule has 1 fully saturated rings. The fraction of sp³-hybridized carbons (Fsp3) is 0.733. The van der Waals surface area contributed by atoms with Crippen molar-refractivity contribution < 1.29 is 0 Å². The third-order valence-corrected chi connectivity index (χ3v) is 4.16. The highest BCUT2D eigenvalue weighted by molar-refractivity contribution is 5.39. The van der Waals surface area contributed by atoms with Crippen LogP contribution in [0.25, 0.3) is 0 Å². The monoisotopic (exact) mass is 262 g/mol. The molecule has 1 aromatic rings. The van der Waals surface area contributed by atoms with Crippen LogP contribution >= 0.6 is 0 Å². The largest absolute Gasteiger partial charge is 0.356 e. The molecule has 0 radical (unpaired) electrons. The van der Waals surface area contributed by atoms with E-state index in [0.717, 1.165) is 37.4 Å². The standard InChI is InChI=1S/C15H26N4/c1-4-6-14-9-15(18-11-17-14)19-8-5-7-13(10-19)12(2)16-3/h9,11-13,16H,4-8,10H2,1-3H3. The van der Waals surface area contributed by atoms with Crippen LogP contribution in [0.2, 0.25) is 0 Å². The minimum atomic E-state index is 0.569. The molecule has 2 atom stereocenters. The molecular formula is C15H26N4. The molecule has 0 saturated carbocycles. The van der Waals surface area contributed by atoms with Crippen LogP contribution in [0.3, 0.4) is 0 Å². The summed E-state index contributed by atoms with van der Waals surface area (Å²) >= 11 is 0. The van der Waals surface area contributed by atoms with Gasteiger partial charge >= 0.3 is 0 Å². The molecule has 19 heavy (non-hydrogen) atoms. The van der Waals surface area contributed by atoms with E-state index in [4.69, 9.17) is 0 Å². The first kappa shape index (κ1) is 14.3. The predicted octanol–water partition coefficient (Wildman–Crippen LogP) is 2.25. The van der Waals surface area contributed by atoms with E-state index >= 15 is 0 Å². The first-order chi connectivity index (χ1) is 9.24. The fourth-order valence-corrected chi connectivity index (χ4v) is 2.81. The molecule has 2 unspecified atom stereocenters. The summed E-state index contributed by atoms with van der Waals surface area (Å²) in [6, 6.07) is 2.73. The van der Waals surface area contributed by atoms with Gasteiger partial charge in [0.2, 0.25) is 0 Å². The quantitative estimate of drug-likeness (QED) is 0.883. The molecule has 1 saturated heterocycles. The summed E-state index contributed by atoms with van der Waals surface area (Å²) in [6.07, 6.45) is 6.45. The lowest BCUT2D eigenvalue weighted by Gasteiger charge is -2.36. The van der Waals surface area contributed by atoms with E-state index in [2.05, 4.69) is 40.1 Å². The van der Waals surface area contributed by atoms with E-state index in [1.807, 2.05) is 7.05 Å². The van der Waals surface area contributed by atoms with Gasteiger partial charge in [0, 0.05) is 30.9 Å². The van der Waals surface area contributed by atoms with Crippen molar-refractivity contribution in [2.24, 2.45) is 5.92 Å². The van der Waals surface area contributed by atoms with Gasteiger partial charge in [0.1, 0.15) is 12.1 Å². The summed E-state index contributed by atoms with van der Waals surface area (Å²) in [5.41, 5.74) is 1.16. The lowest BCUT2D eigenvalue weighted by molar-refractivity contribution is 0.332. The molecule has 106 valence electrons. The van der Waals surface area contributed by atoms with Gasteiger partial charge in [-0.2, -0.15) is 0 Å². The van der Waals surface area contributed by atoms with Gasteiger partial charge in [0.15, 0.2) is 0 Å². The maximum atomic E-state index is 4.46. The van der Waals surface area contributed by atoms with Crippen molar-refractivity contribution in [1.82, 2.24) is 15.3 Å². The van der Waals surface area contributed by atoms with Crippen molar-refractivity contribution in [1.29, 1.82) is 0 Å². The summed E-state index contributed by atoms with van der Waals surface area (Å²) in [5, 5.41) is 3.38. The highest BCUT2D eigenvalue weighted by Gasteiger charge is 2.24. The maximum absolute atomic E-state index is 4.46. The molecule has 0 aliphatic carbocycles. The number of piperidine rings is 1. The first-order valence-corrected chi connectivity index (χ1v) is 7.47. The topological polar surface area (TPSA) is 41.0 Å². The third-order valence-electron chi connectivity index (χ3n) is 4.16. The summed E-state index contributed by atoms with van der Waals surface area (Å²) in [5.74, 6) is 1.81. The Bertz CT molecular complexity index is 393. The van der Waals surface area contributed by atoms with Gasteiger partial charge in [0.25, 0.3) is 0 Å². The molecule has 1 aromatic heterocycles. The van der Waals surface area contributed by atoms with Crippen LogP contribution in [0.15, 0.2) is 12.4 Å². The number of hydrogen-bond acceptors (Lipinski definition) is 4. The normalized spacial score (nSPS) is 21.4. The van der Waals surface area contributed by atoms with Gasteiger partial charge in [0.05, 0.1) is 0 Å². The Morgan fingerprint density at radius 3 is 3.05 bits per heavy atom. The van der Waals surface area contributed by atoms with Gasteiger partial charge in [-0.05, 0) is 39.2 Å². The average Bonchev–Trinajstić information content (AvgIpc) is 2.47. The summed E-state index contributed by atoms with van der Waals surface area (Å²) < 4.78 is 0. The molecule has 0 aromatic carbocycles. The number of aromatic nitrogens is 2. The average molecular weight is 262 g/mol. The van der Waals surface area contributed by atoms with E-state index in [-0.39, 0.29) is 0 Å². The van der Waals surface area contributed by atoms with Crippen LogP contribution < -0.4 is 10.2 Å². The lowest BCUT2D eigenvalue weighted by Crippen LogP contribution is -2.43. The first-order valence-electron chi connectivity index (χ1n) is 7.47. The van der Waals surface area contributed by atoms with Crippen LogP contribution in [0.4, 0.5) is 5.82 Å². The molecule has 0 spiro atoms. The molecule has 4 heteroatoms. The SMILES string of the molecule is CCCc1cc(N2CCCC(C(C)NC)C2)ncn1. The van der Waals surface area contributed by atoms with Crippen molar-refractivity contribution >= 4 is 5.82 Å². The van der Waals surface area contributed by atoms with Crippen molar-refractivity contribution in [2.75, 3.05) is 25.0 Å². The predicted molar refractivity (Wildman–Crippen MR) is 79.5 cm³/mol. The molecule has 4 nitrogen and oxygen atoms in total. The Morgan fingerprint density at radius 1 is 1.47 bits per heavy atom. The Morgan fingerprint density at radius 2 is 2.32 bits per heavy atom. The minimum Gasteiger partial charge on any atom is -0.356 e. The van der Waals surface area contributed by atoms with E-state index in [9.17, 15) is 0 Å². The van der Waals surface area contributed by atoms with Gasteiger partial charge < -0.3 is 10.2 Å². The van der Waals surface area contributed by atoms with Crippen LogP contribution in [-0.2, 0) is 6.42 Å². The number of anilines is 1. The number of nitrogens with zero attached hydrogens (tertiary/aromatic N) is 3. The van der Waals surface area contributed by atoms with Crippen molar-refractivity contribution in [3.63, 3.8) is 0 Å². The zero-order chi connectivity index (χ0) is 13.7. The van der Waals surface area contributed by atoms with Crippen LogP contribution in [0, 0.1) is 5.92 Å². The van der Waals surface area contributed by atoms with Gasteiger partial charge in [-0.15, -0.1) is 0 Å². The second kappa shape index (κ2) is 6.85. The Kier molecular flexibility index (Phi) is 5.14. The second-order valence-corrected chi connectivity index (χ2v) is 5.54. The zero-order valence-corrected chi connectivity index (χ0v) is 12.4.